The smallest absolute Gasteiger partial charge is 0.233 e. The summed E-state index contributed by atoms with van der Waals surface area (Å²) < 4.78 is 0. The largest absolute Gasteiger partial charge is 0.355 e. The molecule has 25 heavy (non-hydrogen) atoms. The Kier molecular flexibility index (Phi) is 4.72. The molecule has 3 heterocycles. The van der Waals surface area contributed by atoms with Gasteiger partial charge in [-0.1, -0.05) is 48.5 Å². The molecule has 0 bridgehead atoms. The molecule has 1 N–H and O–H groups in total. The van der Waals surface area contributed by atoms with E-state index in [0.29, 0.717) is 0 Å². The number of hydrogen-bond donors (Lipinski definition) is 1. The van der Waals surface area contributed by atoms with Gasteiger partial charge in [0.05, 0.1) is 5.25 Å². The third-order valence-corrected chi connectivity index (χ3v) is 6.61. The zero-order valence-electron chi connectivity index (χ0n) is 14.0. The van der Waals surface area contributed by atoms with E-state index in [1.165, 1.54) is 10.4 Å². The van der Waals surface area contributed by atoms with Crippen LogP contribution < -0.4 is 5.32 Å². The Morgan fingerprint density at radius 3 is 2.88 bits per heavy atom. The fourth-order valence-corrected chi connectivity index (χ4v) is 5.35. The van der Waals surface area contributed by atoms with Crippen LogP contribution in [0.4, 0.5) is 0 Å². The summed E-state index contributed by atoms with van der Waals surface area (Å²) in [4.78, 5) is 23.7. The van der Waals surface area contributed by atoms with Crippen LogP contribution in [0.2, 0.25) is 0 Å². The molecule has 1 unspecified atom stereocenters. The number of thiophene rings is 1. The number of aryl methyl sites for hydroxylation is 1. The van der Waals surface area contributed by atoms with Crippen molar-refractivity contribution in [1.29, 1.82) is 0 Å². The van der Waals surface area contributed by atoms with Gasteiger partial charge in [-0.25, -0.2) is 9.97 Å². The van der Waals surface area contributed by atoms with Crippen molar-refractivity contribution in [1.82, 2.24) is 15.3 Å². The number of aromatic nitrogens is 2. The highest BCUT2D eigenvalue weighted by molar-refractivity contribution is 8.00. The Labute approximate surface area is 155 Å². The molecule has 3 aromatic rings. The van der Waals surface area contributed by atoms with E-state index in [4.69, 9.17) is 0 Å². The quantitative estimate of drug-likeness (QED) is 0.694. The number of amides is 1. The summed E-state index contributed by atoms with van der Waals surface area (Å²) in [7, 11) is 0. The molecule has 0 spiro atoms. The summed E-state index contributed by atoms with van der Waals surface area (Å²) in [6, 6.07) is 12.5. The molecule has 1 aromatic carbocycles. The molecule has 0 radical (unpaired) electrons. The van der Waals surface area contributed by atoms with Crippen molar-refractivity contribution in [2.75, 3.05) is 6.54 Å². The second-order valence-corrected chi connectivity index (χ2v) is 8.39. The van der Waals surface area contributed by atoms with Crippen molar-refractivity contribution < 1.29 is 4.79 Å². The predicted molar refractivity (Wildman–Crippen MR) is 104 cm³/mol. The SMILES string of the molecule is Cc1nc(SC2CCCCNC2=O)c2cc(-c3ccccc3)sc2n1. The summed E-state index contributed by atoms with van der Waals surface area (Å²) in [6.07, 6.45) is 3.02. The standard InChI is InChI=1S/C19H19N3OS2/c1-12-21-18(24-15-9-5-6-10-20-17(15)23)14-11-16(25-19(14)22-12)13-7-3-2-4-8-13/h2-4,7-8,11,15H,5-6,9-10H2,1H3,(H,20,23). The Morgan fingerprint density at radius 2 is 2.04 bits per heavy atom. The summed E-state index contributed by atoms with van der Waals surface area (Å²) >= 11 is 3.26. The van der Waals surface area contributed by atoms with Crippen LogP contribution in [0.3, 0.4) is 0 Å². The van der Waals surface area contributed by atoms with Crippen molar-refractivity contribution in [2.24, 2.45) is 0 Å². The second kappa shape index (κ2) is 7.14. The zero-order chi connectivity index (χ0) is 17.2. The Hall–Kier alpha value is -1.92. The van der Waals surface area contributed by atoms with Crippen LogP contribution in [0.15, 0.2) is 41.4 Å². The second-order valence-electron chi connectivity index (χ2n) is 6.16. The molecule has 1 atom stereocenters. The number of nitrogens with one attached hydrogen (secondary N) is 1. The first-order valence-corrected chi connectivity index (χ1v) is 10.2. The molecule has 1 saturated heterocycles. The molecule has 2 aromatic heterocycles. The van der Waals surface area contributed by atoms with E-state index in [1.54, 1.807) is 23.1 Å². The fourth-order valence-electron chi connectivity index (χ4n) is 2.99. The lowest BCUT2D eigenvalue weighted by molar-refractivity contribution is -0.120. The first-order valence-electron chi connectivity index (χ1n) is 8.49. The minimum atomic E-state index is -0.0694. The van der Waals surface area contributed by atoms with E-state index in [0.717, 1.165) is 46.9 Å². The van der Waals surface area contributed by atoms with Gasteiger partial charge in [0.2, 0.25) is 5.91 Å². The number of carbonyl (C=O) groups is 1. The predicted octanol–water partition coefficient (Wildman–Crippen LogP) is 4.43. The number of thioether (sulfide) groups is 1. The van der Waals surface area contributed by atoms with Crippen molar-refractivity contribution in [3.8, 4) is 10.4 Å². The van der Waals surface area contributed by atoms with Gasteiger partial charge >= 0.3 is 0 Å². The molecule has 0 aliphatic carbocycles. The van der Waals surface area contributed by atoms with E-state index in [2.05, 4.69) is 33.5 Å². The van der Waals surface area contributed by atoms with Crippen LogP contribution >= 0.6 is 23.1 Å². The van der Waals surface area contributed by atoms with E-state index >= 15 is 0 Å². The van der Waals surface area contributed by atoms with Crippen LogP contribution in [0.25, 0.3) is 20.7 Å². The summed E-state index contributed by atoms with van der Waals surface area (Å²) in [5.41, 5.74) is 1.19. The van der Waals surface area contributed by atoms with Crippen LogP contribution in [-0.4, -0.2) is 27.7 Å². The molecule has 1 aliphatic heterocycles. The topological polar surface area (TPSA) is 54.9 Å². The maximum atomic E-state index is 12.3. The van der Waals surface area contributed by atoms with Gasteiger partial charge in [-0.05, 0) is 31.4 Å². The molecule has 0 saturated carbocycles. The van der Waals surface area contributed by atoms with E-state index in [9.17, 15) is 4.79 Å². The highest BCUT2D eigenvalue weighted by Crippen LogP contribution is 2.38. The summed E-state index contributed by atoms with van der Waals surface area (Å²) in [5, 5.41) is 4.91. The average Bonchev–Trinajstić information content (AvgIpc) is 2.94. The maximum Gasteiger partial charge on any atom is 0.233 e. The molecule has 6 heteroatoms. The molecule has 1 amide bonds. The molecule has 1 fully saturated rings. The average molecular weight is 370 g/mol. The van der Waals surface area contributed by atoms with Crippen LogP contribution in [0, 0.1) is 6.92 Å². The van der Waals surface area contributed by atoms with Gasteiger partial charge in [0, 0.05) is 16.8 Å². The molecular weight excluding hydrogens is 350 g/mol. The minimum Gasteiger partial charge on any atom is -0.355 e. The number of rotatable bonds is 3. The van der Waals surface area contributed by atoms with Gasteiger partial charge in [-0.15, -0.1) is 11.3 Å². The van der Waals surface area contributed by atoms with Crippen molar-refractivity contribution in [2.45, 2.75) is 36.5 Å². The molecule has 128 valence electrons. The minimum absolute atomic E-state index is 0.0694. The maximum absolute atomic E-state index is 12.3. The number of hydrogen-bond acceptors (Lipinski definition) is 5. The van der Waals surface area contributed by atoms with E-state index in [1.807, 2.05) is 25.1 Å². The van der Waals surface area contributed by atoms with Gasteiger partial charge in [0.25, 0.3) is 0 Å². The Morgan fingerprint density at radius 1 is 1.20 bits per heavy atom. The van der Waals surface area contributed by atoms with Gasteiger partial charge in [-0.3, -0.25) is 4.79 Å². The highest BCUT2D eigenvalue weighted by Gasteiger charge is 2.24. The number of benzene rings is 1. The van der Waals surface area contributed by atoms with Gasteiger partial charge in [0.1, 0.15) is 15.7 Å². The number of nitrogens with zero attached hydrogens (tertiary/aromatic N) is 2. The summed E-state index contributed by atoms with van der Waals surface area (Å²) in [6.45, 7) is 2.70. The number of carbonyl (C=O) groups excluding carboxylic acids is 1. The van der Waals surface area contributed by atoms with E-state index in [-0.39, 0.29) is 11.2 Å². The van der Waals surface area contributed by atoms with Gasteiger partial charge in [-0.2, -0.15) is 0 Å². The lowest BCUT2D eigenvalue weighted by Crippen LogP contribution is -2.30. The summed E-state index contributed by atoms with van der Waals surface area (Å²) in [5.74, 6) is 0.885. The Balaban J connectivity index is 1.73. The zero-order valence-corrected chi connectivity index (χ0v) is 15.6. The van der Waals surface area contributed by atoms with E-state index < -0.39 is 0 Å². The first kappa shape index (κ1) is 16.5. The number of fused-ring (bicyclic) bond motifs is 1. The highest BCUT2D eigenvalue weighted by atomic mass is 32.2. The van der Waals surface area contributed by atoms with Crippen molar-refractivity contribution in [3.63, 3.8) is 0 Å². The van der Waals surface area contributed by atoms with Crippen molar-refractivity contribution >= 4 is 39.2 Å². The normalized spacial score (nSPS) is 18.1. The molecule has 4 rings (SSSR count). The van der Waals surface area contributed by atoms with Crippen LogP contribution in [0.1, 0.15) is 25.1 Å². The lowest BCUT2D eigenvalue weighted by Gasteiger charge is -2.12. The third kappa shape index (κ3) is 3.55. The monoisotopic (exact) mass is 369 g/mol. The third-order valence-electron chi connectivity index (χ3n) is 4.27. The lowest BCUT2D eigenvalue weighted by atomic mass is 10.2. The van der Waals surface area contributed by atoms with Gasteiger partial charge < -0.3 is 5.32 Å². The Bertz CT molecular complexity index is 908. The van der Waals surface area contributed by atoms with Crippen LogP contribution in [0.5, 0.6) is 0 Å². The first-order chi connectivity index (χ1) is 12.2. The van der Waals surface area contributed by atoms with Crippen LogP contribution in [-0.2, 0) is 4.79 Å². The van der Waals surface area contributed by atoms with Crippen molar-refractivity contribution in [3.05, 3.63) is 42.2 Å². The molecule has 1 aliphatic rings. The fraction of sp³-hybridized carbons (Fsp3) is 0.316. The van der Waals surface area contributed by atoms with Gasteiger partial charge in [0.15, 0.2) is 0 Å². The molecule has 4 nitrogen and oxygen atoms in total. The molecular formula is C19H19N3OS2.